The Morgan fingerprint density at radius 3 is 1.43 bits per heavy atom. The third-order valence-electron chi connectivity index (χ3n) is 6.19. The number of nitrogens with one attached hydrogen (secondary N) is 3. The molecule has 2 aromatic rings. The van der Waals surface area contributed by atoms with Crippen molar-refractivity contribution in [2.75, 3.05) is 65.8 Å². The molecule has 25 heteroatoms. The molecule has 360 valence electrons. The summed E-state index contributed by atoms with van der Waals surface area (Å²) in [5, 5.41) is 32.5. The topological polar surface area (TPSA) is 228 Å². The van der Waals surface area contributed by atoms with Crippen LogP contribution in [0.3, 0.4) is 0 Å². The Hall–Kier alpha value is -3.30. The van der Waals surface area contributed by atoms with Gasteiger partial charge in [0, 0.05) is 41.2 Å². The first kappa shape index (κ1) is 59.7. The second-order valence-corrected chi connectivity index (χ2v) is 20.5. The van der Waals surface area contributed by atoms with Crippen LogP contribution < -0.4 is 31.2 Å². The van der Waals surface area contributed by atoms with Crippen LogP contribution in [0.1, 0.15) is 62.3 Å². The van der Waals surface area contributed by atoms with Crippen molar-refractivity contribution in [1.82, 2.24) is 16.0 Å². The summed E-state index contributed by atoms with van der Waals surface area (Å²) < 4.78 is 92.8. The van der Waals surface area contributed by atoms with Gasteiger partial charge < -0.3 is 56.0 Å². The number of carboxylic acids is 1. The van der Waals surface area contributed by atoms with Crippen molar-refractivity contribution in [3.8, 4) is 11.5 Å². The van der Waals surface area contributed by atoms with E-state index in [9.17, 15) is 45.5 Å². The Labute approximate surface area is 378 Å². The summed E-state index contributed by atoms with van der Waals surface area (Å²) >= 11 is 0. The van der Waals surface area contributed by atoms with Gasteiger partial charge in [-0.05, 0) is 36.4 Å². The number of nitrogens with two attached hydrogens (primary N) is 1. The van der Waals surface area contributed by atoms with Crippen molar-refractivity contribution < 1.29 is 79.8 Å². The van der Waals surface area contributed by atoms with E-state index in [1.165, 1.54) is 35.1 Å². The maximum atomic E-state index is 12.2. The maximum Gasteiger partial charge on any atom is 0.471 e. The van der Waals surface area contributed by atoms with Crippen LogP contribution in [-0.2, 0) is 19.1 Å². The van der Waals surface area contributed by atoms with Gasteiger partial charge in [0.15, 0.2) is 0 Å². The fraction of sp³-hybridized carbons (Fsp3) is 0.579. The zero-order chi connectivity index (χ0) is 48.3. The third kappa shape index (κ3) is 31.3. The molecule has 0 saturated heterocycles. The lowest BCUT2D eigenvalue weighted by Gasteiger charge is -2.22. The molecule has 0 heterocycles. The fourth-order valence-corrected chi connectivity index (χ4v) is 7.97. The van der Waals surface area contributed by atoms with Crippen LogP contribution in [0.25, 0.3) is 0 Å². The molecular formula is C38H56F6N4O11S4. The van der Waals surface area contributed by atoms with E-state index in [0.717, 1.165) is 0 Å². The molecular weight excluding hydrogens is 931 g/mol. The summed E-state index contributed by atoms with van der Waals surface area (Å²) in [5.74, 6) is -4.61. The van der Waals surface area contributed by atoms with Gasteiger partial charge in [0.2, 0.25) is 0 Å². The number of halogens is 6. The Morgan fingerprint density at radius 1 is 0.651 bits per heavy atom. The second kappa shape index (κ2) is 30.8. The molecule has 8 N–H and O–H groups in total. The molecule has 2 atom stereocenters. The van der Waals surface area contributed by atoms with Crippen LogP contribution in [0.2, 0.25) is 0 Å². The van der Waals surface area contributed by atoms with Gasteiger partial charge in [-0.1, -0.05) is 96.9 Å². The van der Waals surface area contributed by atoms with Gasteiger partial charge in [-0.2, -0.15) is 26.3 Å². The first-order valence-corrected chi connectivity index (χ1v) is 23.2. The number of aliphatic hydroxyl groups excluding tert-OH is 2. The van der Waals surface area contributed by atoms with Crippen molar-refractivity contribution in [2.24, 2.45) is 5.73 Å². The summed E-state index contributed by atoms with van der Waals surface area (Å²) in [6, 6.07) is 12.6. The Kier molecular flexibility index (Phi) is 29.2. The quantitative estimate of drug-likeness (QED) is 0.0298. The second-order valence-electron chi connectivity index (χ2n) is 14.2. The van der Waals surface area contributed by atoms with E-state index in [4.69, 9.17) is 40.0 Å². The third-order valence-corrected chi connectivity index (χ3v) is 13.2. The highest BCUT2D eigenvalue weighted by atomic mass is 33.1. The van der Waals surface area contributed by atoms with Crippen LogP contribution in [0, 0.1) is 0 Å². The number of aromatic carboxylic acids is 1. The zero-order valence-corrected chi connectivity index (χ0v) is 38.7. The summed E-state index contributed by atoms with van der Waals surface area (Å²) in [5.41, 5.74) is 4.69. The van der Waals surface area contributed by atoms with Gasteiger partial charge >= 0.3 is 30.1 Å². The van der Waals surface area contributed by atoms with Crippen molar-refractivity contribution in [2.45, 2.75) is 74.3 Å². The number of benzene rings is 2. The largest absolute Gasteiger partial charge is 0.490 e. The fourth-order valence-electron chi connectivity index (χ4n) is 3.59. The summed E-state index contributed by atoms with van der Waals surface area (Å²) in [4.78, 5) is 43.8. The SMILES string of the molecule is CC(C)(C)SSC(COc1cccc(C(=O)NCCNC(=O)C(F)(F)F)c1)OCCO.CC(C)(C)SSC(COc1cccc(C(=O)O)c1)OCCO.NCCNC(=O)C(F)(F)F. The lowest BCUT2D eigenvalue weighted by Crippen LogP contribution is -2.41. The van der Waals surface area contributed by atoms with E-state index in [-0.39, 0.29) is 97.3 Å². The number of amides is 3. The molecule has 0 aromatic heterocycles. The van der Waals surface area contributed by atoms with E-state index in [2.05, 4.69) is 46.9 Å². The van der Waals surface area contributed by atoms with Gasteiger partial charge in [-0.15, -0.1) is 0 Å². The van der Waals surface area contributed by atoms with Crippen molar-refractivity contribution >= 4 is 66.9 Å². The van der Waals surface area contributed by atoms with E-state index >= 15 is 0 Å². The number of rotatable bonds is 23. The monoisotopic (exact) mass is 986 g/mol. The molecule has 3 amide bonds. The average Bonchev–Trinajstić information content (AvgIpc) is 3.20. The number of carboxylic acid groups (broad SMARTS) is 1. The van der Waals surface area contributed by atoms with Crippen LogP contribution >= 0.6 is 43.2 Å². The number of carbonyl (C=O) groups is 4. The lowest BCUT2D eigenvalue weighted by atomic mass is 10.2. The van der Waals surface area contributed by atoms with Crippen LogP contribution in [-0.4, -0.2) is 138 Å². The highest BCUT2D eigenvalue weighted by Crippen LogP contribution is 2.39. The molecule has 0 aliphatic carbocycles. The molecule has 2 rings (SSSR count). The minimum Gasteiger partial charge on any atom is -0.490 e. The van der Waals surface area contributed by atoms with Gasteiger partial charge in [0.05, 0.1) is 32.0 Å². The number of carbonyl (C=O) groups excluding carboxylic acids is 3. The molecule has 0 bridgehead atoms. The molecule has 0 saturated carbocycles. The molecule has 2 unspecified atom stereocenters. The van der Waals surface area contributed by atoms with Crippen LogP contribution in [0.15, 0.2) is 48.5 Å². The molecule has 2 aromatic carbocycles. The van der Waals surface area contributed by atoms with Crippen molar-refractivity contribution in [3.05, 3.63) is 59.7 Å². The molecule has 0 fully saturated rings. The smallest absolute Gasteiger partial charge is 0.471 e. The van der Waals surface area contributed by atoms with E-state index in [1.54, 1.807) is 67.3 Å². The Bertz CT molecular complexity index is 1650. The van der Waals surface area contributed by atoms with E-state index in [0.29, 0.717) is 11.5 Å². The highest BCUT2D eigenvalue weighted by molar-refractivity contribution is 8.77. The molecule has 0 radical (unpaired) electrons. The van der Waals surface area contributed by atoms with Gasteiger partial charge in [0.1, 0.15) is 35.6 Å². The van der Waals surface area contributed by atoms with Gasteiger partial charge in [0.25, 0.3) is 5.91 Å². The minimum atomic E-state index is -4.96. The summed E-state index contributed by atoms with van der Waals surface area (Å²) in [6.45, 7) is 12.5. The number of ether oxygens (including phenoxy) is 4. The first-order valence-electron chi connectivity index (χ1n) is 18.7. The lowest BCUT2D eigenvalue weighted by molar-refractivity contribution is -0.173. The van der Waals surface area contributed by atoms with E-state index in [1.807, 2.05) is 0 Å². The first-order chi connectivity index (χ1) is 29.2. The molecule has 63 heavy (non-hydrogen) atoms. The predicted molar refractivity (Wildman–Crippen MR) is 234 cm³/mol. The molecule has 0 aliphatic heterocycles. The summed E-state index contributed by atoms with van der Waals surface area (Å²) in [7, 11) is 6.31. The number of hydrogen-bond acceptors (Lipinski definition) is 15. The van der Waals surface area contributed by atoms with Gasteiger partial charge in [-0.25, -0.2) is 4.79 Å². The Balaban J connectivity index is 0.00000104. The van der Waals surface area contributed by atoms with Crippen molar-refractivity contribution in [1.29, 1.82) is 0 Å². The molecule has 0 aliphatic rings. The average molecular weight is 987 g/mol. The number of hydrogen-bond donors (Lipinski definition) is 7. The van der Waals surface area contributed by atoms with Gasteiger partial charge in [-0.3, -0.25) is 14.4 Å². The highest BCUT2D eigenvalue weighted by Gasteiger charge is 2.38. The standard InChI is InChI=1S/C19H27F3N2O5S2.C15H22O5S2.C4H7F3N2O/c1-18(2,3)31-30-15(28-10-9-25)12-29-14-6-4-5-13(11-14)16(26)23-7-8-24-17(27)19(20,21)22;1-15(2,3)22-21-13(19-8-7-16)10-20-12-6-4-5-11(9-12)14(17)18;5-4(6,7)3(10)9-2-1-8/h4-6,11,15,25H,7-10,12H2,1-3H3,(H,23,26)(H,24,27);4-6,9,13,16H,7-8,10H2,1-3H3,(H,17,18);1-2,8H2,(H,9,10). The normalized spacial score (nSPS) is 12.6. The summed E-state index contributed by atoms with van der Waals surface area (Å²) in [6.07, 6.45) is -9.76. The minimum absolute atomic E-state index is 0.00181. The van der Waals surface area contributed by atoms with E-state index < -0.39 is 36.0 Å². The zero-order valence-electron chi connectivity index (χ0n) is 35.4. The predicted octanol–water partition coefficient (Wildman–Crippen LogP) is 5.89. The Morgan fingerprint density at radius 2 is 1.05 bits per heavy atom. The molecule has 15 nitrogen and oxygen atoms in total. The molecule has 0 spiro atoms. The number of alkyl halides is 6. The van der Waals surface area contributed by atoms with Crippen molar-refractivity contribution in [3.63, 3.8) is 0 Å². The van der Waals surface area contributed by atoms with Crippen LogP contribution in [0.4, 0.5) is 26.3 Å². The maximum absolute atomic E-state index is 12.2. The van der Waals surface area contributed by atoms with Crippen LogP contribution in [0.5, 0.6) is 11.5 Å². The number of aliphatic hydroxyl groups is 2.